The third-order valence-corrected chi connectivity index (χ3v) is 2.85. The Balaban J connectivity index is 0.00000400. The topological polar surface area (TPSA) is 59.6 Å². The molecule has 5 nitrogen and oxygen atoms in total. The van der Waals surface area contributed by atoms with Crippen LogP contribution in [0.1, 0.15) is 25.3 Å². The molecule has 21 heavy (non-hydrogen) atoms. The summed E-state index contributed by atoms with van der Waals surface area (Å²) in [6, 6.07) is 5.69. The Kier molecular flexibility index (Phi) is 10.4. The second-order valence-corrected chi connectivity index (χ2v) is 4.40. The monoisotopic (exact) mass is 316 g/mol. The van der Waals surface area contributed by atoms with Gasteiger partial charge in [0.15, 0.2) is 11.5 Å². The molecule has 0 aromatic heterocycles. The lowest BCUT2D eigenvalue weighted by Crippen LogP contribution is -2.23. The molecule has 2 N–H and O–H groups in total. The first kappa shape index (κ1) is 19.5. The van der Waals surface area contributed by atoms with Crippen molar-refractivity contribution in [2.75, 3.05) is 27.3 Å². The molecule has 1 amide bonds. The van der Waals surface area contributed by atoms with E-state index in [4.69, 9.17) is 9.47 Å². The molecule has 1 rings (SSSR count). The van der Waals surface area contributed by atoms with Crippen LogP contribution in [0, 0.1) is 0 Å². The van der Waals surface area contributed by atoms with Gasteiger partial charge >= 0.3 is 0 Å². The summed E-state index contributed by atoms with van der Waals surface area (Å²) in [6.07, 6.45) is 1.38. The van der Waals surface area contributed by atoms with E-state index in [9.17, 15) is 4.79 Å². The molecule has 0 fully saturated rings. The fraction of sp³-hybridized carbons (Fsp3) is 0.533. The Labute approximate surface area is 132 Å². The number of methoxy groups -OCH3 is 1. The van der Waals surface area contributed by atoms with Crippen LogP contribution in [-0.4, -0.2) is 33.2 Å². The van der Waals surface area contributed by atoms with Gasteiger partial charge < -0.3 is 20.1 Å². The van der Waals surface area contributed by atoms with E-state index in [1.54, 1.807) is 7.11 Å². The molecular weight excluding hydrogens is 292 g/mol. The van der Waals surface area contributed by atoms with Gasteiger partial charge in [0.05, 0.1) is 13.7 Å². The lowest BCUT2D eigenvalue weighted by molar-refractivity contribution is -0.121. The molecule has 1 aromatic rings. The van der Waals surface area contributed by atoms with Gasteiger partial charge in [0.1, 0.15) is 0 Å². The zero-order valence-corrected chi connectivity index (χ0v) is 13.7. The van der Waals surface area contributed by atoms with Crippen molar-refractivity contribution in [2.45, 2.75) is 26.3 Å². The number of benzene rings is 1. The van der Waals surface area contributed by atoms with Crippen LogP contribution in [0.5, 0.6) is 11.5 Å². The van der Waals surface area contributed by atoms with Crippen LogP contribution < -0.4 is 20.1 Å². The van der Waals surface area contributed by atoms with Crippen molar-refractivity contribution >= 4 is 18.3 Å². The van der Waals surface area contributed by atoms with Crippen molar-refractivity contribution in [3.63, 3.8) is 0 Å². The zero-order chi connectivity index (χ0) is 14.8. The van der Waals surface area contributed by atoms with E-state index in [-0.39, 0.29) is 18.3 Å². The standard InChI is InChI=1S/C15H24N2O3.ClH/c1-4-20-13-8-7-12(10-14(13)19-3)11-17-15(18)6-5-9-16-2;/h7-8,10,16H,4-6,9,11H2,1-3H3,(H,17,18);1H. The van der Waals surface area contributed by atoms with E-state index >= 15 is 0 Å². The van der Waals surface area contributed by atoms with Crippen LogP contribution in [-0.2, 0) is 11.3 Å². The van der Waals surface area contributed by atoms with Gasteiger partial charge in [-0.3, -0.25) is 4.79 Å². The number of carbonyl (C=O) groups is 1. The second-order valence-electron chi connectivity index (χ2n) is 4.40. The number of ether oxygens (including phenoxy) is 2. The molecule has 6 heteroatoms. The van der Waals surface area contributed by atoms with Crippen LogP contribution in [0.25, 0.3) is 0 Å². The average Bonchev–Trinajstić information content (AvgIpc) is 2.46. The Hall–Kier alpha value is -1.46. The van der Waals surface area contributed by atoms with Gasteiger partial charge in [-0.1, -0.05) is 6.07 Å². The fourth-order valence-corrected chi connectivity index (χ4v) is 1.81. The molecule has 120 valence electrons. The number of carbonyl (C=O) groups excluding carboxylic acids is 1. The van der Waals surface area contributed by atoms with Crippen LogP contribution in [0.15, 0.2) is 18.2 Å². The van der Waals surface area contributed by atoms with Gasteiger partial charge in [0, 0.05) is 13.0 Å². The minimum absolute atomic E-state index is 0. The molecule has 0 aliphatic heterocycles. The van der Waals surface area contributed by atoms with E-state index in [1.807, 2.05) is 32.2 Å². The van der Waals surface area contributed by atoms with Crippen LogP contribution in [0.3, 0.4) is 0 Å². The second kappa shape index (κ2) is 11.2. The van der Waals surface area contributed by atoms with E-state index in [2.05, 4.69) is 10.6 Å². The number of hydrogen-bond acceptors (Lipinski definition) is 4. The first-order chi connectivity index (χ1) is 9.71. The minimum Gasteiger partial charge on any atom is -0.493 e. The molecule has 0 aliphatic carbocycles. The summed E-state index contributed by atoms with van der Waals surface area (Å²) in [5, 5.41) is 5.92. The molecule has 0 spiro atoms. The van der Waals surface area contributed by atoms with Gasteiger partial charge in [-0.25, -0.2) is 0 Å². The Bertz CT molecular complexity index is 427. The lowest BCUT2D eigenvalue weighted by Gasteiger charge is -2.11. The lowest BCUT2D eigenvalue weighted by atomic mass is 10.2. The highest BCUT2D eigenvalue weighted by atomic mass is 35.5. The number of rotatable bonds is 9. The van der Waals surface area contributed by atoms with E-state index in [0.29, 0.717) is 25.3 Å². The van der Waals surface area contributed by atoms with Crippen molar-refractivity contribution in [3.05, 3.63) is 23.8 Å². The van der Waals surface area contributed by atoms with Crippen molar-refractivity contribution in [2.24, 2.45) is 0 Å². The summed E-state index contributed by atoms with van der Waals surface area (Å²) in [5.74, 6) is 1.47. The largest absolute Gasteiger partial charge is 0.493 e. The maximum absolute atomic E-state index is 11.6. The molecular formula is C15H25ClN2O3. The molecule has 0 atom stereocenters. The van der Waals surface area contributed by atoms with Gasteiger partial charge in [0.25, 0.3) is 0 Å². The van der Waals surface area contributed by atoms with Gasteiger partial charge in [0.2, 0.25) is 5.91 Å². The molecule has 0 unspecified atom stereocenters. The summed E-state index contributed by atoms with van der Waals surface area (Å²) in [7, 11) is 3.49. The summed E-state index contributed by atoms with van der Waals surface area (Å²) in [4.78, 5) is 11.6. The van der Waals surface area contributed by atoms with Crippen LogP contribution >= 0.6 is 12.4 Å². The highest BCUT2D eigenvalue weighted by Crippen LogP contribution is 2.27. The van der Waals surface area contributed by atoms with E-state index in [0.717, 1.165) is 24.3 Å². The highest BCUT2D eigenvalue weighted by Gasteiger charge is 2.06. The predicted octanol–water partition coefficient (Wildman–Crippen LogP) is 2.13. The minimum atomic E-state index is 0. The first-order valence-corrected chi connectivity index (χ1v) is 6.92. The summed E-state index contributed by atoms with van der Waals surface area (Å²) >= 11 is 0. The van der Waals surface area contributed by atoms with Crippen molar-refractivity contribution < 1.29 is 14.3 Å². The smallest absolute Gasteiger partial charge is 0.220 e. The summed E-state index contributed by atoms with van der Waals surface area (Å²) in [5.41, 5.74) is 0.993. The first-order valence-electron chi connectivity index (χ1n) is 6.92. The van der Waals surface area contributed by atoms with Gasteiger partial charge in [-0.05, 0) is 44.6 Å². The molecule has 1 aromatic carbocycles. The highest BCUT2D eigenvalue weighted by molar-refractivity contribution is 5.85. The molecule has 0 radical (unpaired) electrons. The molecule has 0 saturated heterocycles. The fourth-order valence-electron chi connectivity index (χ4n) is 1.81. The SMILES string of the molecule is CCOc1ccc(CNC(=O)CCCNC)cc1OC.Cl. The van der Waals surface area contributed by atoms with Crippen molar-refractivity contribution in [1.29, 1.82) is 0 Å². The van der Waals surface area contributed by atoms with Gasteiger partial charge in [-0.15, -0.1) is 12.4 Å². The third kappa shape index (κ3) is 7.20. The summed E-state index contributed by atoms with van der Waals surface area (Å²) in [6.45, 7) is 3.88. The predicted molar refractivity (Wildman–Crippen MR) is 86.4 cm³/mol. The molecule has 0 aliphatic rings. The quantitative estimate of drug-likeness (QED) is 0.685. The molecule has 0 saturated carbocycles. The van der Waals surface area contributed by atoms with Crippen LogP contribution in [0.4, 0.5) is 0 Å². The van der Waals surface area contributed by atoms with Gasteiger partial charge in [-0.2, -0.15) is 0 Å². The molecule has 0 heterocycles. The number of amides is 1. The Morgan fingerprint density at radius 3 is 2.67 bits per heavy atom. The maximum atomic E-state index is 11.6. The van der Waals surface area contributed by atoms with E-state index in [1.165, 1.54) is 0 Å². The number of hydrogen-bond donors (Lipinski definition) is 2. The summed E-state index contributed by atoms with van der Waals surface area (Å²) < 4.78 is 10.7. The number of nitrogens with one attached hydrogen (secondary N) is 2. The molecule has 0 bridgehead atoms. The Morgan fingerprint density at radius 2 is 2.05 bits per heavy atom. The maximum Gasteiger partial charge on any atom is 0.220 e. The normalized spacial score (nSPS) is 9.67. The Morgan fingerprint density at radius 1 is 1.29 bits per heavy atom. The van der Waals surface area contributed by atoms with Crippen LogP contribution in [0.2, 0.25) is 0 Å². The average molecular weight is 317 g/mol. The van der Waals surface area contributed by atoms with Crippen molar-refractivity contribution in [3.8, 4) is 11.5 Å². The van der Waals surface area contributed by atoms with Crippen molar-refractivity contribution in [1.82, 2.24) is 10.6 Å². The third-order valence-electron chi connectivity index (χ3n) is 2.85. The number of halogens is 1. The van der Waals surface area contributed by atoms with E-state index < -0.39 is 0 Å². The zero-order valence-electron chi connectivity index (χ0n) is 12.9.